The smallest absolute Gasteiger partial charge is 0.196 e. The van der Waals surface area contributed by atoms with Crippen molar-refractivity contribution in [1.82, 2.24) is 10.6 Å². The SMILES string of the molecule is Cc1ccc(S(=O)(=O)C2COC3(CCNCC3)N2)cc1. The molecule has 1 atom stereocenters. The maximum absolute atomic E-state index is 12.6. The van der Waals surface area contributed by atoms with Crippen molar-refractivity contribution in [3.8, 4) is 0 Å². The van der Waals surface area contributed by atoms with Gasteiger partial charge in [0.25, 0.3) is 0 Å². The van der Waals surface area contributed by atoms with Crippen LogP contribution in [-0.2, 0) is 14.6 Å². The van der Waals surface area contributed by atoms with Crippen LogP contribution in [-0.4, -0.2) is 39.2 Å². The second-order valence-corrected chi connectivity index (χ2v) is 7.68. The third-order valence-electron chi connectivity index (χ3n) is 4.07. The number of ether oxygens (including phenoxy) is 1. The molecule has 1 unspecified atom stereocenters. The highest BCUT2D eigenvalue weighted by atomic mass is 32.2. The third kappa shape index (κ3) is 2.48. The topological polar surface area (TPSA) is 67.4 Å². The van der Waals surface area contributed by atoms with Crippen molar-refractivity contribution in [2.45, 2.75) is 35.8 Å². The highest BCUT2D eigenvalue weighted by molar-refractivity contribution is 7.92. The van der Waals surface area contributed by atoms with Crippen molar-refractivity contribution in [2.75, 3.05) is 19.7 Å². The first-order valence-electron chi connectivity index (χ1n) is 6.95. The molecule has 110 valence electrons. The highest BCUT2D eigenvalue weighted by Gasteiger charge is 2.45. The molecule has 3 rings (SSSR count). The molecule has 1 spiro atoms. The molecule has 1 aromatic rings. The summed E-state index contributed by atoms with van der Waals surface area (Å²) < 4.78 is 31.0. The van der Waals surface area contributed by atoms with E-state index < -0.39 is 20.9 Å². The normalized spacial score (nSPS) is 25.9. The molecule has 2 fully saturated rings. The minimum absolute atomic E-state index is 0.218. The fraction of sp³-hybridized carbons (Fsp3) is 0.571. The number of sulfone groups is 1. The van der Waals surface area contributed by atoms with Gasteiger partial charge in [0.05, 0.1) is 11.5 Å². The molecule has 0 aromatic heterocycles. The van der Waals surface area contributed by atoms with Crippen molar-refractivity contribution in [1.29, 1.82) is 0 Å². The summed E-state index contributed by atoms with van der Waals surface area (Å²) in [4.78, 5) is 0.357. The van der Waals surface area contributed by atoms with Crippen molar-refractivity contribution in [3.63, 3.8) is 0 Å². The molecule has 0 saturated carbocycles. The van der Waals surface area contributed by atoms with Crippen molar-refractivity contribution in [3.05, 3.63) is 29.8 Å². The van der Waals surface area contributed by atoms with Crippen LogP contribution < -0.4 is 10.6 Å². The molecular formula is C14H20N2O3S. The van der Waals surface area contributed by atoms with Crippen LogP contribution in [0, 0.1) is 6.92 Å². The van der Waals surface area contributed by atoms with Crippen molar-refractivity contribution < 1.29 is 13.2 Å². The van der Waals surface area contributed by atoms with Gasteiger partial charge >= 0.3 is 0 Å². The van der Waals surface area contributed by atoms with Crippen molar-refractivity contribution >= 4 is 9.84 Å². The Morgan fingerprint density at radius 3 is 2.50 bits per heavy atom. The second kappa shape index (κ2) is 5.11. The minimum atomic E-state index is -3.39. The summed E-state index contributed by atoms with van der Waals surface area (Å²) in [5, 5.41) is 5.82. The minimum Gasteiger partial charge on any atom is -0.358 e. The number of rotatable bonds is 2. The lowest BCUT2D eigenvalue weighted by Gasteiger charge is -2.33. The van der Waals surface area contributed by atoms with Gasteiger partial charge in [-0.15, -0.1) is 0 Å². The van der Waals surface area contributed by atoms with Crippen LogP contribution >= 0.6 is 0 Å². The molecule has 2 aliphatic heterocycles. The molecule has 5 nitrogen and oxygen atoms in total. The molecule has 2 heterocycles. The van der Waals surface area contributed by atoms with Gasteiger partial charge in [0, 0.05) is 12.8 Å². The Bertz CT molecular complexity index is 577. The predicted octanol–water partition coefficient (Wildman–Crippen LogP) is 0.794. The zero-order chi connectivity index (χ0) is 14.2. The van der Waals surface area contributed by atoms with Crippen molar-refractivity contribution in [2.24, 2.45) is 0 Å². The molecule has 0 aliphatic carbocycles. The number of piperidine rings is 1. The quantitative estimate of drug-likeness (QED) is 0.845. The van der Waals surface area contributed by atoms with E-state index in [4.69, 9.17) is 4.74 Å². The highest BCUT2D eigenvalue weighted by Crippen LogP contribution is 2.29. The zero-order valence-electron chi connectivity index (χ0n) is 11.6. The summed E-state index contributed by atoms with van der Waals surface area (Å²) >= 11 is 0. The number of hydrogen-bond donors (Lipinski definition) is 2. The molecule has 2 saturated heterocycles. The molecule has 2 N–H and O–H groups in total. The number of benzene rings is 1. The van der Waals surface area contributed by atoms with Gasteiger partial charge in [-0.3, -0.25) is 5.32 Å². The van der Waals surface area contributed by atoms with E-state index in [2.05, 4.69) is 10.6 Å². The van der Waals surface area contributed by atoms with Gasteiger partial charge in [0.2, 0.25) is 0 Å². The van der Waals surface area contributed by atoms with E-state index in [9.17, 15) is 8.42 Å². The lowest BCUT2D eigenvalue weighted by molar-refractivity contribution is -0.0331. The summed E-state index contributed by atoms with van der Waals surface area (Å²) in [7, 11) is -3.39. The third-order valence-corrected chi connectivity index (χ3v) is 6.00. The summed E-state index contributed by atoms with van der Waals surface area (Å²) in [6.07, 6.45) is 1.60. The standard InChI is InChI=1S/C14H20N2O3S/c1-11-2-4-12(5-3-11)20(17,18)13-10-19-14(16-13)6-8-15-9-7-14/h2-5,13,15-16H,6-10H2,1H3. The van der Waals surface area contributed by atoms with E-state index in [1.807, 2.05) is 19.1 Å². The van der Waals surface area contributed by atoms with Crippen LogP contribution in [0.3, 0.4) is 0 Å². The summed E-state index contributed by atoms with van der Waals surface area (Å²) in [5.74, 6) is 0. The first-order valence-corrected chi connectivity index (χ1v) is 8.49. The maximum atomic E-state index is 12.6. The lowest BCUT2D eigenvalue weighted by Crippen LogP contribution is -2.52. The van der Waals surface area contributed by atoms with E-state index in [-0.39, 0.29) is 6.61 Å². The van der Waals surface area contributed by atoms with Crippen LogP contribution in [0.2, 0.25) is 0 Å². The van der Waals surface area contributed by atoms with Crippen LogP contribution in [0.25, 0.3) is 0 Å². The van der Waals surface area contributed by atoms with E-state index in [0.29, 0.717) is 4.90 Å². The van der Waals surface area contributed by atoms with Gasteiger partial charge in [0.1, 0.15) is 11.1 Å². The Morgan fingerprint density at radius 2 is 1.85 bits per heavy atom. The van der Waals surface area contributed by atoms with Crippen LogP contribution in [0.15, 0.2) is 29.2 Å². The van der Waals surface area contributed by atoms with Crippen LogP contribution in [0.4, 0.5) is 0 Å². The molecular weight excluding hydrogens is 276 g/mol. The van der Waals surface area contributed by atoms with Gasteiger partial charge in [-0.1, -0.05) is 17.7 Å². The fourth-order valence-corrected chi connectivity index (χ4v) is 4.25. The number of hydrogen-bond acceptors (Lipinski definition) is 5. The first-order chi connectivity index (χ1) is 9.52. The summed E-state index contributed by atoms with van der Waals surface area (Å²) in [6, 6.07) is 6.98. The molecule has 20 heavy (non-hydrogen) atoms. The summed E-state index contributed by atoms with van der Waals surface area (Å²) in [5.41, 5.74) is 0.586. The van der Waals surface area contributed by atoms with Gasteiger partial charge < -0.3 is 10.1 Å². The van der Waals surface area contributed by atoms with Gasteiger partial charge in [-0.05, 0) is 32.1 Å². The van der Waals surface area contributed by atoms with E-state index in [1.54, 1.807) is 12.1 Å². The second-order valence-electron chi connectivity index (χ2n) is 5.55. The first kappa shape index (κ1) is 14.0. The Morgan fingerprint density at radius 1 is 1.20 bits per heavy atom. The average Bonchev–Trinajstić information content (AvgIpc) is 2.85. The zero-order valence-corrected chi connectivity index (χ0v) is 12.4. The summed E-state index contributed by atoms with van der Waals surface area (Å²) in [6.45, 7) is 3.86. The average molecular weight is 296 g/mol. The number of aryl methyl sites for hydroxylation is 1. The Kier molecular flexibility index (Phi) is 3.58. The Balaban J connectivity index is 1.81. The van der Waals surface area contributed by atoms with Gasteiger partial charge in [0.15, 0.2) is 9.84 Å². The molecule has 2 aliphatic rings. The maximum Gasteiger partial charge on any atom is 0.196 e. The van der Waals surface area contributed by atoms with Gasteiger partial charge in [-0.25, -0.2) is 8.42 Å². The van der Waals surface area contributed by atoms with E-state index >= 15 is 0 Å². The van der Waals surface area contributed by atoms with Gasteiger partial charge in [-0.2, -0.15) is 0 Å². The molecule has 0 bridgehead atoms. The fourth-order valence-electron chi connectivity index (χ4n) is 2.79. The molecule has 0 amide bonds. The predicted molar refractivity (Wildman–Crippen MR) is 76.1 cm³/mol. The van der Waals surface area contributed by atoms with Crippen LogP contribution in [0.1, 0.15) is 18.4 Å². The largest absolute Gasteiger partial charge is 0.358 e. The lowest BCUT2D eigenvalue weighted by atomic mass is 10.0. The molecule has 0 radical (unpaired) electrons. The monoisotopic (exact) mass is 296 g/mol. The van der Waals surface area contributed by atoms with E-state index in [1.165, 1.54) is 0 Å². The molecule has 6 heteroatoms. The Labute approximate surface area is 119 Å². The van der Waals surface area contributed by atoms with Crippen LogP contribution in [0.5, 0.6) is 0 Å². The molecule has 1 aromatic carbocycles. The van der Waals surface area contributed by atoms with E-state index in [0.717, 1.165) is 31.5 Å². The number of nitrogens with one attached hydrogen (secondary N) is 2. The Hall–Kier alpha value is -0.950.